The Balaban J connectivity index is 1.63. The molecule has 1 unspecified atom stereocenters. The van der Waals surface area contributed by atoms with Gasteiger partial charge in [-0.3, -0.25) is 14.4 Å². The molecule has 2 aromatic carbocycles. The Hall–Kier alpha value is -4.83. The minimum atomic E-state index is -1.09. The number of hydrogen-bond acceptors (Lipinski definition) is 8. The predicted octanol–water partition coefficient (Wildman–Crippen LogP) is 1.83. The summed E-state index contributed by atoms with van der Waals surface area (Å²) in [5.41, 5.74) is 1.75. The van der Waals surface area contributed by atoms with Crippen LogP contribution in [0, 0.1) is 11.3 Å². The molecular weight excluding hydrogens is 556 g/mol. The first-order valence-corrected chi connectivity index (χ1v) is 14.0. The monoisotopic (exact) mass is 592 g/mol. The molecule has 2 aliphatic heterocycles. The van der Waals surface area contributed by atoms with E-state index in [9.17, 15) is 29.5 Å². The molecule has 2 saturated heterocycles. The minimum Gasteiger partial charge on any atom is -0.493 e. The molecular formula is C30H36N6O7. The summed E-state index contributed by atoms with van der Waals surface area (Å²) in [5, 5.41) is 24.5. The number of carboxylic acids is 1. The number of nitrogens with zero attached hydrogens (tertiary/aromatic N) is 5. The van der Waals surface area contributed by atoms with Crippen molar-refractivity contribution in [3.8, 4) is 17.6 Å². The second-order valence-corrected chi connectivity index (χ2v) is 10.2. The number of carboxylic acid groups (broad SMARTS) is 1. The van der Waals surface area contributed by atoms with Gasteiger partial charge in [0.2, 0.25) is 11.8 Å². The van der Waals surface area contributed by atoms with E-state index in [0.29, 0.717) is 17.9 Å². The van der Waals surface area contributed by atoms with E-state index in [4.69, 9.17) is 9.47 Å². The fourth-order valence-electron chi connectivity index (χ4n) is 5.46. The molecule has 4 rings (SSSR count). The van der Waals surface area contributed by atoms with Crippen LogP contribution >= 0.6 is 0 Å². The Morgan fingerprint density at radius 3 is 2.47 bits per heavy atom. The van der Waals surface area contributed by atoms with E-state index in [2.05, 4.69) is 11.4 Å². The molecule has 13 heteroatoms. The number of carbonyl (C=O) groups excluding carboxylic acids is 3. The molecule has 228 valence electrons. The van der Waals surface area contributed by atoms with Gasteiger partial charge in [0, 0.05) is 32.5 Å². The highest BCUT2D eigenvalue weighted by atomic mass is 16.5. The van der Waals surface area contributed by atoms with Crippen LogP contribution in [0.4, 0.5) is 4.79 Å². The number of urea groups is 1. The Morgan fingerprint density at radius 2 is 1.79 bits per heavy atom. The van der Waals surface area contributed by atoms with Gasteiger partial charge in [-0.25, -0.2) is 14.8 Å². The molecule has 13 nitrogen and oxygen atoms in total. The largest absolute Gasteiger partial charge is 0.493 e. The van der Waals surface area contributed by atoms with Crippen molar-refractivity contribution in [1.82, 2.24) is 25.1 Å². The van der Waals surface area contributed by atoms with Gasteiger partial charge in [0.05, 0.1) is 33.4 Å². The van der Waals surface area contributed by atoms with Gasteiger partial charge < -0.3 is 29.7 Å². The average molecular weight is 593 g/mol. The van der Waals surface area contributed by atoms with E-state index in [-0.39, 0.29) is 57.9 Å². The molecule has 0 bridgehead atoms. The number of benzene rings is 2. The lowest BCUT2D eigenvalue weighted by atomic mass is 10.0. The van der Waals surface area contributed by atoms with Crippen molar-refractivity contribution >= 4 is 23.8 Å². The van der Waals surface area contributed by atoms with Gasteiger partial charge in [-0.1, -0.05) is 36.4 Å². The number of rotatable bonds is 12. The van der Waals surface area contributed by atoms with Crippen LogP contribution in [0.15, 0.2) is 48.5 Å². The first-order chi connectivity index (χ1) is 20.8. The lowest BCUT2D eigenvalue weighted by Gasteiger charge is -2.55. The van der Waals surface area contributed by atoms with Crippen LogP contribution in [0.25, 0.3) is 0 Å². The third-order valence-corrected chi connectivity index (χ3v) is 7.56. The molecule has 0 aliphatic carbocycles. The molecule has 0 radical (unpaired) electrons. The zero-order valence-electron chi connectivity index (χ0n) is 24.3. The van der Waals surface area contributed by atoms with E-state index in [1.165, 1.54) is 22.0 Å². The summed E-state index contributed by atoms with van der Waals surface area (Å²) in [6.07, 6.45) is -0.795. The van der Waals surface area contributed by atoms with Crippen molar-refractivity contribution in [3.63, 3.8) is 0 Å². The summed E-state index contributed by atoms with van der Waals surface area (Å²) < 4.78 is 10.7. The minimum absolute atomic E-state index is 0.0171. The van der Waals surface area contributed by atoms with Crippen LogP contribution < -0.4 is 14.8 Å². The topological polar surface area (TPSA) is 156 Å². The first kappa shape index (κ1) is 31.1. The zero-order chi connectivity index (χ0) is 30.9. The number of amides is 4. The van der Waals surface area contributed by atoms with E-state index in [0.717, 1.165) is 11.1 Å². The van der Waals surface area contributed by atoms with Crippen molar-refractivity contribution in [1.29, 1.82) is 5.26 Å². The molecule has 2 heterocycles. The Morgan fingerprint density at radius 1 is 1.05 bits per heavy atom. The number of piperazine rings is 1. The number of fused-ring (bicyclic) bond motifs is 1. The molecule has 0 saturated carbocycles. The fourth-order valence-corrected chi connectivity index (χ4v) is 5.46. The van der Waals surface area contributed by atoms with Gasteiger partial charge in [0.1, 0.15) is 12.2 Å². The lowest BCUT2D eigenvalue weighted by molar-refractivity contribution is -0.191. The summed E-state index contributed by atoms with van der Waals surface area (Å²) in [4.78, 5) is 55.3. The van der Waals surface area contributed by atoms with E-state index in [1.54, 1.807) is 18.1 Å². The second kappa shape index (κ2) is 14.4. The van der Waals surface area contributed by atoms with Gasteiger partial charge in [0.15, 0.2) is 11.5 Å². The Bertz CT molecular complexity index is 1360. The summed E-state index contributed by atoms with van der Waals surface area (Å²) in [6, 6.07) is 15.3. The molecule has 2 aliphatic rings. The number of nitrogens with one attached hydrogen (secondary N) is 1. The number of hydrogen-bond donors (Lipinski definition) is 2. The van der Waals surface area contributed by atoms with Crippen LogP contribution in [0.5, 0.6) is 11.5 Å². The smallest absolute Gasteiger partial charge is 0.334 e. The molecule has 2 atom stereocenters. The Labute approximate surface area is 250 Å². The highest BCUT2D eigenvalue weighted by molar-refractivity contribution is 5.91. The standard InChI is InChI=1S/C30H36N6O7/c1-42-24-11-9-21(17-25(24)43-2)13-16-33-19-26-35(23(29(33)40)10-12-28(38)39)27(37)20-34(15-6-14-31)36(26)30(41)32-18-22-7-4-3-5-8-22/h3-5,7-9,11,17,23,26H,6,10,12-13,15-16,18-20H2,1-2H3,(H,32,41)(H,38,39)/t23-,26?/m0/s1. The van der Waals surface area contributed by atoms with Crippen molar-refractivity contribution in [3.05, 3.63) is 59.7 Å². The quantitative estimate of drug-likeness (QED) is 0.375. The SMILES string of the molecule is COc1ccc(CCN2CC3N(C(=O)CN(CCC#N)N3C(=O)NCc3ccccc3)[C@@H](CCC(=O)O)C2=O)cc1OC. The van der Waals surface area contributed by atoms with Crippen LogP contribution in [-0.4, -0.2) is 101 Å². The normalized spacial score (nSPS) is 18.6. The highest BCUT2D eigenvalue weighted by Gasteiger charge is 2.51. The van der Waals surface area contributed by atoms with Gasteiger partial charge in [-0.2, -0.15) is 5.26 Å². The predicted molar refractivity (Wildman–Crippen MR) is 153 cm³/mol. The molecule has 2 N–H and O–H groups in total. The number of carbonyl (C=O) groups is 4. The molecule has 0 spiro atoms. The number of methoxy groups -OCH3 is 2. The van der Waals surface area contributed by atoms with Crippen molar-refractivity contribution in [2.24, 2.45) is 0 Å². The number of hydrazine groups is 1. The zero-order valence-corrected chi connectivity index (χ0v) is 24.3. The first-order valence-electron chi connectivity index (χ1n) is 14.0. The highest BCUT2D eigenvalue weighted by Crippen LogP contribution is 2.30. The van der Waals surface area contributed by atoms with E-state index >= 15 is 0 Å². The molecule has 2 aromatic rings. The number of ether oxygens (including phenoxy) is 2. The van der Waals surface area contributed by atoms with Gasteiger partial charge in [-0.15, -0.1) is 0 Å². The maximum atomic E-state index is 13.7. The fraction of sp³-hybridized carbons (Fsp3) is 0.433. The summed E-state index contributed by atoms with van der Waals surface area (Å²) in [5.74, 6) is -0.757. The van der Waals surface area contributed by atoms with Crippen molar-refractivity contribution < 1.29 is 33.8 Å². The lowest BCUT2D eigenvalue weighted by Crippen LogP contribution is -2.76. The number of aliphatic carboxylic acids is 1. The van der Waals surface area contributed by atoms with Gasteiger partial charge in [-0.05, 0) is 36.1 Å². The third kappa shape index (κ3) is 7.34. The second-order valence-electron chi connectivity index (χ2n) is 10.2. The Kier molecular flexibility index (Phi) is 10.4. The summed E-state index contributed by atoms with van der Waals surface area (Å²) >= 11 is 0. The maximum absolute atomic E-state index is 13.7. The molecule has 43 heavy (non-hydrogen) atoms. The maximum Gasteiger partial charge on any atom is 0.334 e. The third-order valence-electron chi connectivity index (χ3n) is 7.56. The van der Waals surface area contributed by atoms with E-state index in [1.807, 2.05) is 42.5 Å². The van der Waals surface area contributed by atoms with Crippen LogP contribution in [0.3, 0.4) is 0 Å². The van der Waals surface area contributed by atoms with Crippen LogP contribution in [-0.2, 0) is 27.3 Å². The molecule has 2 fully saturated rings. The van der Waals surface area contributed by atoms with Crippen molar-refractivity contribution in [2.45, 2.75) is 44.4 Å². The summed E-state index contributed by atoms with van der Waals surface area (Å²) in [7, 11) is 3.08. The number of nitriles is 1. The van der Waals surface area contributed by atoms with Crippen LogP contribution in [0.1, 0.15) is 30.4 Å². The molecule has 4 amide bonds. The van der Waals surface area contributed by atoms with Crippen molar-refractivity contribution in [2.75, 3.05) is 40.4 Å². The van der Waals surface area contributed by atoms with Crippen LogP contribution in [0.2, 0.25) is 0 Å². The molecule has 0 aromatic heterocycles. The van der Waals surface area contributed by atoms with Gasteiger partial charge >= 0.3 is 12.0 Å². The summed E-state index contributed by atoms with van der Waals surface area (Å²) in [6.45, 7) is 0.412. The average Bonchev–Trinajstić information content (AvgIpc) is 3.01. The van der Waals surface area contributed by atoms with E-state index < -0.39 is 30.1 Å². The van der Waals surface area contributed by atoms with Gasteiger partial charge in [0.25, 0.3) is 0 Å².